The number of hydrogen-bond acceptors (Lipinski definition) is 1. The predicted octanol–water partition coefficient (Wildman–Crippen LogP) is 2.71. The van der Waals surface area contributed by atoms with Gasteiger partial charge in [0.2, 0.25) is 0 Å². The Morgan fingerprint density at radius 3 is 2.92 bits per heavy atom. The van der Waals surface area contributed by atoms with Crippen molar-refractivity contribution < 1.29 is 0 Å². The number of hydrogen-bond donors (Lipinski definition) is 0. The Bertz CT molecular complexity index is 277. The molecule has 0 bridgehead atoms. The molecule has 1 aliphatic rings. The summed E-state index contributed by atoms with van der Waals surface area (Å²) in [6, 6.07) is 0. The molecule has 0 spiro atoms. The van der Waals surface area contributed by atoms with Crippen molar-refractivity contribution in [3.05, 3.63) is 18.0 Å². The van der Waals surface area contributed by atoms with E-state index in [1.165, 1.54) is 31.2 Å². The second-order valence-corrected chi connectivity index (χ2v) is 4.42. The number of nitrogens with zero attached hydrogens (tertiary/aromatic N) is 2. The molecule has 1 aromatic rings. The third kappa shape index (κ3) is 1.93. The van der Waals surface area contributed by atoms with Crippen LogP contribution in [0, 0.1) is 5.92 Å². The first-order valence-corrected chi connectivity index (χ1v) is 5.24. The summed E-state index contributed by atoms with van der Waals surface area (Å²) in [4.78, 5) is 0. The molecule has 0 aromatic carbocycles. The van der Waals surface area contributed by atoms with E-state index in [4.69, 9.17) is 0 Å². The summed E-state index contributed by atoms with van der Waals surface area (Å²) in [7, 11) is 2.00. The average molecular weight is 178 g/mol. The third-order valence-corrected chi connectivity index (χ3v) is 3.13. The van der Waals surface area contributed by atoms with Crippen LogP contribution in [0.15, 0.2) is 12.4 Å². The van der Waals surface area contributed by atoms with Crippen LogP contribution in [-0.4, -0.2) is 9.78 Å². The normalized spacial score (nSPS) is 29.1. The first-order chi connectivity index (χ1) is 6.25. The van der Waals surface area contributed by atoms with Gasteiger partial charge in [-0.15, -0.1) is 0 Å². The monoisotopic (exact) mass is 178 g/mol. The summed E-state index contributed by atoms with van der Waals surface area (Å²) in [5.74, 6) is 1.68. The molecule has 2 nitrogen and oxygen atoms in total. The molecule has 0 N–H and O–H groups in total. The molecule has 1 fully saturated rings. The van der Waals surface area contributed by atoms with Crippen molar-refractivity contribution in [2.45, 2.75) is 38.5 Å². The zero-order valence-corrected chi connectivity index (χ0v) is 8.53. The molecule has 72 valence electrons. The SMILES string of the molecule is CC1CCCC(c2cnn(C)c2)C1. The molecule has 2 atom stereocenters. The highest BCUT2D eigenvalue weighted by Gasteiger charge is 2.20. The first-order valence-electron chi connectivity index (χ1n) is 5.24. The van der Waals surface area contributed by atoms with Crippen LogP contribution in [0.25, 0.3) is 0 Å². The summed E-state index contributed by atoms with van der Waals surface area (Å²) in [6.07, 6.45) is 9.71. The maximum Gasteiger partial charge on any atom is 0.0524 e. The van der Waals surface area contributed by atoms with Crippen LogP contribution in [0.2, 0.25) is 0 Å². The molecule has 2 unspecified atom stereocenters. The molecule has 0 radical (unpaired) electrons. The lowest BCUT2D eigenvalue weighted by Gasteiger charge is -2.25. The number of aromatic nitrogens is 2. The minimum atomic E-state index is 0.775. The first kappa shape index (κ1) is 8.79. The molecule has 1 aliphatic carbocycles. The second-order valence-electron chi connectivity index (χ2n) is 4.42. The van der Waals surface area contributed by atoms with Crippen molar-refractivity contribution in [1.29, 1.82) is 0 Å². The maximum atomic E-state index is 4.23. The van der Waals surface area contributed by atoms with E-state index in [2.05, 4.69) is 18.2 Å². The molecular formula is C11H18N2. The van der Waals surface area contributed by atoms with E-state index in [0.29, 0.717) is 0 Å². The van der Waals surface area contributed by atoms with Crippen molar-refractivity contribution in [1.82, 2.24) is 9.78 Å². The topological polar surface area (TPSA) is 17.8 Å². The number of rotatable bonds is 1. The van der Waals surface area contributed by atoms with E-state index in [0.717, 1.165) is 11.8 Å². The van der Waals surface area contributed by atoms with Gasteiger partial charge >= 0.3 is 0 Å². The molecule has 13 heavy (non-hydrogen) atoms. The summed E-state index contributed by atoms with van der Waals surface area (Å²) >= 11 is 0. The zero-order chi connectivity index (χ0) is 9.26. The fourth-order valence-corrected chi connectivity index (χ4v) is 2.39. The van der Waals surface area contributed by atoms with E-state index in [1.54, 1.807) is 0 Å². The van der Waals surface area contributed by atoms with E-state index in [9.17, 15) is 0 Å². The Kier molecular flexibility index (Phi) is 2.38. The van der Waals surface area contributed by atoms with E-state index in [1.807, 2.05) is 17.9 Å². The summed E-state index contributed by atoms with van der Waals surface area (Å²) in [6.45, 7) is 2.36. The van der Waals surface area contributed by atoms with Gasteiger partial charge in [-0.3, -0.25) is 4.68 Å². The molecular weight excluding hydrogens is 160 g/mol. The molecule has 1 aromatic heterocycles. The van der Waals surface area contributed by atoms with Gasteiger partial charge in [0.15, 0.2) is 0 Å². The van der Waals surface area contributed by atoms with Crippen molar-refractivity contribution in [2.75, 3.05) is 0 Å². The summed E-state index contributed by atoms with van der Waals surface area (Å²) in [5, 5.41) is 4.23. The minimum Gasteiger partial charge on any atom is -0.276 e. The lowest BCUT2D eigenvalue weighted by Crippen LogP contribution is -2.11. The van der Waals surface area contributed by atoms with Gasteiger partial charge in [0.05, 0.1) is 6.20 Å². The largest absolute Gasteiger partial charge is 0.276 e. The van der Waals surface area contributed by atoms with Gasteiger partial charge in [-0.1, -0.05) is 19.8 Å². The lowest BCUT2D eigenvalue weighted by atomic mass is 9.80. The van der Waals surface area contributed by atoms with Gasteiger partial charge < -0.3 is 0 Å². The van der Waals surface area contributed by atoms with Crippen molar-refractivity contribution in [3.8, 4) is 0 Å². The van der Waals surface area contributed by atoms with Crippen molar-refractivity contribution >= 4 is 0 Å². The maximum absolute atomic E-state index is 4.23. The molecule has 1 heterocycles. The van der Waals surface area contributed by atoms with Gasteiger partial charge in [-0.25, -0.2) is 0 Å². The van der Waals surface area contributed by atoms with Gasteiger partial charge in [0.25, 0.3) is 0 Å². The zero-order valence-electron chi connectivity index (χ0n) is 8.53. The smallest absolute Gasteiger partial charge is 0.0524 e. The van der Waals surface area contributed by atoms with E-state index < -0.39 is 0 Å². The van der Waals surface area contributed by atoms with Crippen LogP contribution in [-0.2, 0) is 7.05 Å². The second kappa shape index (κ2) is 3.52. The molecule has 0 aliphatic heterocycles. The highest BCUT2D eigenvalue weighted by atomic mass is 15.2. The molecule has 2 rings (SSSR count). The Hall–Kier alpha value is -0.790. The Morgan fingerprint density at radius 2 is 2.31 bits per heavy atom. The molecule has 0 saturated heterocycles. The fourth-order valence-electron chi connectivity index (χ4n) is 2.39. The molecule has 1 saturated carbocycles. The van der Waals surface area contributed by atoms with Gasteiger partial charge in [0, 0.05) is 13.2 Å². The van der Waals surface area contributed by atoms with Gasteiger partial charge in [-0.05, 0) is 30.2 Å². The van der Waals surface area contributed by atoms with Crippen molar-refractivity contribution in [2.24, 2.45) is 13.0 Å². The van der Waals surface area contributed by atoms with Crippen LogP contribution in [0.5, 0.6) is 0 Å². The van der Waals surface area contributed by atoms with Crippen LogP contribution >= 0.6 is 0 Å². The van der Waals surface area contributed by atoms with Crippen LogP contribution in [0.4, 0.5) is 0 Å². The van der Waals surface area contributed by atoms with E-state index >= 15 is 0 Å². The van der Waals surface area contributed by atoms with Gasteiger partial charge in [-0.2, -0.15) is 5.10 Å². The lowest BCUT2D eigenvalue weighted by molar-refractivity contribution is 0.344. The van der Waals surface area contributed by atoms with E-state index in [-0.39, 0.29) is 0 Å². The standard InChI is InChI=1S/C11H18N2/c1-9-4-3-5-10(6-9)11-7-12-13(2)8-11/h7-10H,3-6H2,1-2H3. The van der Waals surface area contributed by atoms with Crippen LogP contribution < -0.4 is 0 Å². The Morgan fingerprint density at radius 1 is 1.46 bits per heavy atom. The highest BCUT2D eigenvalue weighted by molar-refractivity contribution is 5.11. The third-order valence-electron chi connectivity index (χ3n) is 3.13. The summed E-state index contributed by atoms with van der Waals surface area (Å²) < 4.78 is 1.91. The van der Waals surface area contributed by atoms with Crippen molar-refractivity contribution in [3.63, 3.8) is 0 Å². The van der Waals surface area contributed by atoms with Crippen LogP contribution in [0.1, 0.15) is 44.1 Å². The minimum absolute atomic E-state index is 0.775. The number of aryl methyl sites for hydroxylation is 1. The molecule has 0 amide bonds. The predicted molar refractivity (Wildman–Crippen MR) is 53.6 cm³/mol. The summed E-state index contributed by atoms with van der Waals surface area (Å²) in [5.41, 5.74) is 1.44. The highest BCUT2D eigenvalue weighted by Crippen LogP contribution is 2.35. The quantitative estimate of drug-likeness (QED) is 0.646. The van der Waals surface area contributed by atoms with Crippen LogP contribution in [0.3, 0.4) is 0 Å². The van der Waals surface area contributed by atoms with Gasteiger partial charge in [0.1, 0.15) is 0 Å². The molecule has 2 heteroatoms. The average Bonchev–Trinajstić information content (AvgIpc) is 2.52. The Balaban J connectivity index is 2.08. The Labute approximate surface area is 80.0 Å². The fraction of sp³-hybridized carbons (Fsp3) is 0.727.